The highest BCUT2D eigenvalue weighted by Crippen LogP contribution is 2.53. The summed E-state index contributed by atoms with van der Waals surface area (Å²) < 4.78 is 5.48. The van der Waals surface area contributed by atoms with Crippen LogP contribution >= 0.6 is 11.6 Å². The Labute approximate surface area is 191 Å². The van der Waals surface area contributed by atoms with Crippen LogP contribution in [0, 0.1) is 11.8 Å². The average molecular weight is 472 g/mol. The largest absolute Gasteiger partial charge is 0.508 e. The fourth-order valence-corrected chi connectivity index (χ4v) is 5.46. The minimum absolute atomic E-state index is 0.00727. The van der Waals surface area contributed by atoms with Gasteiger partial charge < -0.3 is 30.6 Å². The molecule has 1 fully saturated rings. The number of aliphatic hydroxyl groups excluding tert-OH is 2. The van der Waals surface area contributed by atoms with Gasteiger partial charge in [-0.15, -0.1) is 0 Å². The Morgan fingerprint density at radius 2 is 1.85 bits per heavy atom. The Morgan fingerprint density at radius 1 is 1.12 bits per heavy atom. The SMILES string of the molecule is NC(=O)C1=C(O)[C@@]2(O)C(=O)C3=C(O)c4c(O)ccc(-c5ccc(Cl)o5)c4C[C@H]3C[C@H]2CC1=O. The number of primary amides is 1. The molecular weight excluding hydrogens is 454 g/mol. The molecule has 170 valence electrons. The number of Topliss-reactive ketones (excluding diaryl/α,β-unsaturated/α-hetero) is 2. The molecule has 0 radical (unpaired) electrons. The van der Waals surface area contributed by atoms with Crippen molar-refractivity contribution in [3.05, 3.63) is 57.5 Å². The molecule has 2 aromatic rings. The monoisotopic (exact) mass is 471 g/mol. The number of aromatic hydroxyl groups is 1. The van der Waals surface area contributed by atoms with Crippen LogP contribution in [0.15, 0.2) is 45.6 Å². The number of hydrogen-bond donors (Lipinski definition) is 5. The number of ketones is 2. The number of aliphatic hydroxyl groups is 3. The van der Waals surface area contributed by atoms with E-state index in [0.717, 1.165) is 0 Å². The number of carbonyl (C=O) groups is 3. The molecule has 0 saturated heterocycles. The van der Waals surface area contributed by atoms with Gasteiger partial charge in [-0.1, -0.05) is 0 Å². The molecule has 0 bridgehead atoms. The van der Waals surface area contributed by atoms with Gasteiger partial charge in [0.1, 0.15) is 28.6 Å². The Bertz CT molecular complexity index is 1340. The third-order valence-electron chi connectivity index (χ3n) is 6.79. The number of benzene rings is 1. The molecule has 3 aliphatic carbocycles. The van der Waals surface area contributed by atoms with Crippen molar-refractivity contribution in [1.29, 1.82) is 0 Å². The van der Waals surface area contributed by atoms with Gasteiger partial charge in [-0.05, 0) is 60.2 Å². The van der Waals surface area contributed by atoms with Crippen LogP contribution in [0.3, 0.4) is 0 Å². The number of nitrogens with two attached hydrogens (primary N) is 1. The maximum Gasteiger partial charge on any atom is 0.255 e. The standard InChI is InChI=1S/C23H18ClNO8/c24-15-4-3-14(33-15)10-1-2-12(26)17-11(10)6-8-5-9-7-13(27)18(22(25)31)21(30)23(9,32)20(29)16(8)19(17)28/h1-4,8-9,26,28,30,32H,5-7H2,(H2,25,31)/t8-,9+,23+/m1/s1. The van der Waals surface area contributed by atoms with E-state index in [9.17, 15) is 34.8 Å². The predicted octanol–water partition coefficient (Wildman–Crippen LogP) is 2.34. The van der Waals surface area contributed by atoms with Crippen LogP contribution in [-0.2, 0) is 20.8 Å². The summed E-state index contributed by atoms with van der Waals surface area (Å²) in [5.41, 5.74) is 2.62. The van der Waals surface area contributed by atoms with E-state index in [1.807, 2.05) is 0 Å². The van der Waals surface area contributed by atoms with Gasteiger partial charge in [-0.3, -0.25) is 14.4 Å². The van der Waals surface area contributed by atoms with Gasteiger partial charge in [0.15, 0.2) is 16.6 Å². The van der Waals surface area contributed by atoms with Crippen molar-refractivity contribution in [2.24, 2.45) is 17.6 Å². The number of furan rings is 1. The summed E-state index contributed by atoms with van der Waals surface area (Å²) in [4.78, 5) is 37.5. The molecule has 33 heavy (non-hydrogen) atoms. The summed E-state index contributed by atoms with van der Waals surface area (Å²) in [6.07, 6.45) is -0.143. The Hall–Kier alpha value is -3.56. The second-order valence-corrected chi connectivity index (χ2v) is 8.87. The zero-order valence-corrected chi connectivity index (χ0v) is 17.7. The Morgan fingerprint density at radius 3 is 2.48 bits per heavy atom. The molecule has 0 spiro atoms. The molecule has 6 N–H and O–H groups in total. The number of carbonyl (C=O) groups excluding carboxylic acids is 3. The van der Waals surface area contributed by atoms with Gasteiger partial charge in [-0.2, -0.15) is 0 Å². The highest BCUT2D eigenvalue weighted by atomic mass is 35.5. The molecule has 10 heteroatoms. The lowest BCUT2D eigenvalue weighted by Gasteiger charge is -2.46. The van der Waals surface area contributed by atoms with E-state index in [0.29, 0.717) is 16.9 Å². The molecule has 3 atom stereocenters. The number of amides is 1. The summed E-state index contributed by atoms with van der Waals surface area (Å²) in [6, 6.07) is 6.10. The number of halogens is 1. The van der Waals surface area contributed by atoms with Crippen molar-refractivity contribution in [2.75, 3.05) is 0 Å². The first-order valence-electron chi connectivity index (χ1n) is 10.1. The van der Waals surface area contributed by atoms with Crippen LogP contribution in [0.5, 0.6) is 5.75 Å². The normalized spacial score (nSPS) is 26.7. The zero-order chi connectivity index (χ0) is 23.8. The molecule has 3 aliphatic rings. The number of rotatable bonds is 2. The molecule has 1 heterocycles. The quantitative estimate of drug-likeness (QED) is 0.415. The van der Waals surface area contributed by atoms with Gasteiger partial charge in [0.05, 0.1) is 5.56 Å². The lowest BCUT2D eigenvalue weighted by atomic mass is 9.59. The molecule has 1 saturated carbocycles. The van der Waals surface area contributed by atoms with Crippen LogP contribution in [0.2, 0.25) is 5.22 Å². The fraction of sp³-hybridized carbons (Fsp3) is 0.261. The molecule has 0 unspecified atom stereocenters. The first kappa shape index (κ1) is 21.3. The Kier molecular flexibility index (Phi) is 4.50. The first-order valence-corrected chi connectivity index (χ1v) is 10.5. The van der Waals surface area contributed by atoms with E-state index in [-0.39, 0.29) is 41.4 Å². The average Bonchev–Trinajstić information content (AvgIpc) is 3.16. The molecule has 1 aromatic carbocycles. The number of hydrogen-bond acceptors (Lipinski definition) is 8. The number of phenols is 1. The van der Waals surface area contributed by atoms with Gasteiger partial charge in [0, 0.05) is 23.5 Å². The van der Waals surface area contributed by atoms with Crippen molar-refractivity contribution >= 4 is 34.8 Å². The van der Waals surface area contributed by atoms with Crippen LogP contribution in [0.1, 0.15) is 24.0 Å². The van der Waals surface area contributed by atoms with Crippen LogP contribution in [0.4, 0.5) is 0 Å². The summed E-state index contributed by atoms with van der Waals surface area (Å²) in [5, 5.41) is 43.5. The van der Waals surface area contributed by atoms with Crippen molar-refractivity contribution < 1.29 is 39.2 Å². The topological polar surface area (TPSA) is 171 Å². The molecular formula is C23H18ClNO8. The minimum atomic E-state index is -2.59. The van der Waals surface area contributed by atoms with Crippen molar-refractivity contribution in [2.45, 2.75) is 24.9 Å². The van der Waals surface area contributed by atoms with Crippen LogP contribution < -0.4 is 5.73 Å². The summed E-state index contributed by atoms with van der Waals surface area (Å²) in [5.74, 6) is -6.28. The van der Waals surface area contributed by atoms with E-state index >= 15 is 0 Å². The number of fused-ring (bicyclic) bond motifs is 3. The van der Waals surface area contributed by atoms with Crippen LogP contribution in [-0.4, -0.2) is 43.5 Å². The zero-order valence-electron chi connectivity index (χ0n) is 17.0. The smallest absolute Gasteiger partial charge is 0.255 e. The fourth-order valence-electron chi connectivity index (χ4n) is 5.31. The molecule has 9 nitrogen and oxygen atoms in total. The highest BCUT2D eigenvalue weighted by molar-refractivity contribution is 6.29. The van der Waals surface area contributed by atoms with Crippen molar-refractivity contribution in [3.8, 4) is 17.1 Å². The number of phenolic OH excluding ortho intramolecular Hbond substituents is 1. The summed E-state index contributed by atoms with van der Waals surface area (Å²) >= 11 is 5.90. The Balaban J connectivity index is 1.71. The van der Waals surface area contributed by atoms with Gasteiger partial charge in [-0.25, -0.2) is 0 Å². The van der Waals surface area contributed by atoms with E-state index in [4.69, 9.17) is 21.8 Å². The lowest BCUT2D eigenvalue weighted by Crippen LogP contribution is -2.58. The molecule has 5 rings (SSSR count). The van der Waals surface area contributed by atoms with Gasteiger partial charge in [0.25, 0.3) is 5.91 Å². The molecule has 1 aromatic heterocycles. The maximum absolute atomic E-state index is 13.4. The molecule has 0 aliphatic heterocycles. The van der Waals surface area contributed by atoms with E-state index in [1.165, 1.54) is 6.07 Å². The predicted molar refractivity (Wildman–Crippen MR) is 114 cm³/mol. The summed E-state index contributed by atoms with van der Waals surface area (Å²) in [6.45, 7) is 0. The maximum atomic E-state index is 13.4. The van der Waals surface area contributed by atoms with Gasteiger partial charge >= 0.3 is 0 Å². The minimum Gasteiger partial charge on any atom is -0.508 e. The van der Waals surface area contributed by atoms with Crippen molar-refractivity contribution in [3.63, 3.8) is 0 Å². The van der Waals surface area contributed by atoms with Gasteiger partial charge in [0.2, 0.25) is 5.78 Å². The van der Waals surface area contributed by atoms with Crippen molar-refractivity contribution in [1.82, 2.24) is 0 Å². The summed E-state index contributed by atoms with van der Waals surface area (Å²) in [7, 11) is 0. The second-order valence-electron chi connectivity index (χ2n) is 8.50. The van der Waals surface area contributed by atoms with E-state index in [1.54, 1.807) is 18.2 Å². The second kappa shape index (κ2) is 6.97. The third-order valence-corrected chi connectivity index (χ3v) is 6.99. The van der Waals surface area contributed by atoms with E-state index in [2.05, 4.69) is 0 Å². The first-order chi connectivity index (χ1) is 15.6. The lowest BCUT2D eigenvalue weighted by molar-refractivity contribution is -0.147. The van der Waals surface area contributed by atoms with Crippen LogP contribution in [0.25, 0.3) is 17.1 Å². The highest BCUT2D eigenvalue weighted by Gasteiger charge is 2.60. The third kappa shape index (κ3) is 2.79. The molecule has 1 amide bonds. The van der Waals surface area contributed by atoms with E-state index < -0.39 is 52.0 Å².